The molecule has 0 unspecified atom stereocenters. The highest BCUT2D eigenvalue weighted by Gasteiger charge is 2.18. The van der Waals surface area contributed by atoms with Crippen LogP contribution in [0.3, 0.4) is 0 Å². The molecule has 104 valence electrons. The van der Waals surface area contributed by atoms with Crippen LogP contribution in [0.15, 0.2) is 41.0 Å². The molecule has 0 aliphatic rings. The lowest BCUT2D eigenvalue weighted by atomic mass is 10.2. The summed E-state index contributed by atoms with van der Waals surface area (Å²) in [6.07, 6.45) is 0.767. The molecule has 0 amide bonds. The second kappa shape index (κ2) is 5.98. The number of halogens is 1. The Morgan fingerprint density at radius 3 is 2.80 bits per heavy atom. The van der Waals surface area contributed by atoms with Gasteiger partial charge in [-0.1, -0.05) is 6.07 Å². The van der Waals surface area contributed by atoms with E-state index in [0.29, 0.717) is 5.56 Å². The van der Waals surface area contributed by atoms with Crippen molar-refractivity contribution in [3.8, 4) is 11.6 Å². The van der Waals surface area contributed by atoms with Crippen molar-refractivity contribution >= 4 is 21.6 Å². The van der Waals surface area contributed by atoms with E-state index in [-0.39, 0.29) is 21.8 Å². The first kappa shape index (κ1) is 14.4. The standard InChI is InChI=1S/C13H11BrN2O4/c1-8(17)9-4-3-7-15-13(9)20-11-6-2-5-10(12(11)14)16(18)19/h2-8,17H,1H3/t8-/m1/s1. The maximum atomic E-state index is 10.9. The van der Waals surface area contributed by atoms with Gasteiger partial charge < -0.3 is 9.84 Å². The van der Waals surface area contributed by atoms with E-state index < -0.39 is 11.0 Å². The molecule has 0 spiro atoms. The van der Waals surface area contributed by atoms with Crippen LogP contribution in [0.1, 0.15) is 18.6 Å². The molecule has 0 saturated heterocycles. The van der Waals surface area contributed by atoms with Gasteiger partial charge in [0.2, 0.25) is 5.88 Å². The number of nitrogens with zero attached hydrogens (tertiary/aromatic N) is 2. The third kappa shape index (κ3) is 2.94. The Hall–Kier alpha value is -1.99. The molecule has 0 radical (unpaired) electrons. The Labute approximate surface area is 123 Å². The first-order valence-electron chi connectivity index (χ1n) is 5.74. The van der Waals surface area contributed by atoms with Crippen molar-refractivity contribution in [2.75, 3.05) is 0 Å². The zero-order valence-corrected chi connectivity index (χ0v) is 12.1. The largest absolute Gasteiger partial charge is 0.437 e. The van der Waals surface area contributed by atoms with Crippen LogP contribution in [0, 0.1) is 10.1 Å². The maximum absolute atomic E-state index is 10.9. The van der Waals surface area contributed by atoms with E-state index in [1.807, 2.05) is 0 Å². The summed E-state index contributed by atoms with van der Waals surface area (Å²) in [5.41, 5.74) is 0.405. The number of nitro benzene ring substituents is 1. The molecule has 1 heterocycles. The average molecular weight is 339 g/mol. The van der Waals surface area contributed by atoms with Crippen molar-refractivity contribution in [1.29, 1.82) is 0 Å². The van der Waals surface area contributed by atoms with Gasteiger partial charge in [-0.15, -0.1) is 0 Å². The number of benzene rings is 1. The Kier molecular flexibility index (Phi) is 4.31. The molecule has 1 atom stereocenters. The third-order valence-corrected chi connectivity index (χ3v) is 3.39. The minimum absolute atomic E-state index is 0.1000. The normalized spacial score (nSPS) is 11.9. The summed E-state index contributed by atoms with van der Waals surface area (Å²) in [6, 6.07) is 7.82. The van der Waals surface area contributed by atoms with E-state index >= 15 is 0 Å². The summed E-state index contributed by atoms with van der Waals surface area (Å²) < 4.78 is 5.80. The monoisotopic (exact) mass is 338 g/mol. The smallest absolute Gasteiger partial charge is 0.287 e. The van der Waals surface area contributed by atoms with Crippen LogP contribution in [0.5, 0.6) is 11.6 Å². The van der Waals surface area contributed by atoms with Crippen molar-refractivity contribution in [2.24, 2.45) is 0 Å². The molecule has 1 N–H and O–H groups in total. The summed E-state index contributed by atoms with van der Waals surface area (Å²) >= 11 is 3.14. The molecule has 6 nitrogen and oxygen atoms in total. The molecule has 2 aromatic rings. The zero-order chi connectivity index (χ0) is 14.7. The van der Waals surface area contributed by atoms with Gasteiger partial charge in [-0.2, -0.15) is 0 Å². The van der Waals surface area contributed by atoms with Crippen LogP contribution >= 0.6 is 15.9 Å². The number of aromatic nitrogens is 1. The Morgan fingerprint density at radius 2 is 2.15 bits per heavy atom. The van der Waals surface area contributed by atoms with Gasteiger partial charge in [-0.05, 0) is 41.1 Å². The number of pyridine rings is 1. The molecule has 0 aliphatic heterocycles. The van der Waals surface area contributed by atoms with Crippen molar-refractivity contribution in [3.05, 3.63) is 56.7 Å². The zero-order valence-electron chi connectivity index (χ0n) is 10.5. The fraction of sp³-hybridized carbons (Fsp3) is 0.154. The van der Waals surface area contributed by atoms with Gasteiger partial charge >= 0.3 is 0 Å². The van der Waals surface area contributed by atoms with E-state index in [9.17, 15) is 15.2 Å². The van der Waals surface area contributed by atoms with Crippen molar-refractivity contribution < 1.29 is 14.8 Å². The van der Waals surface area contributed by atoms with Gasteiger partial charge in [0.15, 0.2) is 5.75 Å². The maximum Gasteiger partial charge on any atom is 0.287 e. The summed E-state index contributed by atoms with van der Waals surface area (Å²) in [5.74, 6) is 0.475. The molecule has 7 heteroatoms. The molecule has 20 heavy (non-hydrogen) atoms. The lowest BCUT2D eigenvalue weighted by molar-refractivity contribution is -0.385. The Balaban J connectivity index is 2.41. The highest BCUT2D eigenvalue weighted by atomic mass is 79.9. The SMILES string of the molecule is C[C@@H](O)c1cccnc1Oc1cccc([N+](=O)[O-])c1Br. The molecule has 2 rings (SSSR count). The molecule has 0 fully saturated rings. The van der Waals surface area contributed by atoms with E-state index in [2.05, 4.69) is 20.9 Å². The number of rotatable bonds is 4. The lowest BCUT2D eigenvalue weighted by Gasteiger charge is -2.12. The Bertz CT molecular complexity index is 646. The molecule has 0 aliphatic carbocycles. The first-order chi connectivity index (χ1) is 9.50. The fourth-order valence-corrected chi connectivity index (χ4v) is 2.12. The molecule has 0 bridgehead atoms. The molecular formula is C13H11BrN2O4. The second-order valence-corrected chi connectivity index (χ2v) is 4.82. The number of aliphatic hydroxyl groups excluding tert-OH is 1. The van der Waals surface area contributed by atoms with Gasteiger partial charge in [0.25, 0.3) is 5.69 Å². The minimum atomic E-state index is -0.754. The molecule has 1 aromatic carbocycles. The number of aliphatic hydroxyl groups is 1. The van der Waals surface area contributed by atoms with E-state index in [1.165, 1.54) is 18.3 Å². The summed E-state index contributed by atoms with van der Waals surface area (Å²) in [7, 11) is 0. The van der Waals surface area contributed by atoms with Gasteiger partial charge in [0.1, 0.15) is 4.47 Å². The molecule has 0 saturated carbocycles. The minimum Gasteiger partial charge on any atom is -0.437 e. The third-order valence-electron chi connectivity index (χ3n) is 2.60. The summed E-state index contributed by atoms with van der Waals surface area (Å²) in [4.78, 5) is 14.4. The van der Waals surface area contributed by atoms with Crippen molar-refractivity contribution in [3.63, 3.8) is 0 Å². The van der Waals surface area contributed by atoms with Crippen LogP contribution in [0.25, 0.3) is 0 Å². The lowest BCUT2D eigenvalue weighted by Crippen LogP contribution is -1.99. The topological polar surface area (TPSA) is 85.5 Å². The Morgan fingerprint density at radius 1 is 1.40 bits per heavy atom. The first-order valence-corrected chi connectivity index (χ1v) is 6.53. The van der Waals surface area contributed by atoms with Crippen LogP contribution in [0.2, 0.25) is 0 Å². The van der Waals surface area contributed by atoms with Crippen LogP contribution in [0.4, 0.5) is 5.69 Å². The van der Waals surface area contributed by atoms with E-state index in [1.54, 1.807) is 25.1 Å². The van der Waals surface area contributed by atoms with Crippen LogP contribution in [-0.2, 0) is 0 Å². The van der Waals surface area contributed by atoms with Crippen LogP contribution in [-0.4, -0.2) is 15.0 Å². The van der Waals surface area contributed by atoms with Crippen molar-refractivity contribution in [2.45, 2.75) is 13.0 Å². The summed E-state index contributed by atoms with van der Waals surface area (Å²) in [5, 5.41) is 20.5. The highest BCUT2D eigenvalue weighted by Crippen LogP contribution is 2.37. The molecule has 1 aromatic heterocycles. The van der Waals surface area contributed by atoms with E-state index in [4.69, 9.17) is 4.74 Å². The number of hydrogen-bond donors (Lipinski definition) is 1. The van der Waals surface area contributed by atoms with Gasteiger partial charge in [0, 0.05) is 17.8 Å². The van der Waals surface area contributed by atoms with Gasteiger partial charge in [-0.3, -0.25) is 10.1 Å². The average Bonchev–Trinajstić information content (AvgIpc) is 2.41. The second-order valence-electron chi connectivity index (χ2n) is 4.02. The number of nitro groups is 1. The quantitative estimate of drug-likeness (QED) is 0.679. The number of ether oxygens (including phenoxy) is 1. The van der Waals surface area contributed by atoms with Crippen LogP contribution < -0.4 is 4.74 Å². The predicted octanol–water partition coefficient (Wildman–Crippen LogP) is 3.60. The number of hydrogen-bond acceptors (Lipinski definition) is 5. The highest BCUT2D eigenvalue weighted by molar-refractivity contribution is 9.10. The van der Waals surface area contributed by atoms with Gasteiger partial charge in [-0.25, -0.2) is 4.98 Å². The summed E-state index contributed by atoms with van der Waals surface area (Å²) in [6.45, 7) is 1.59. The van der Waals surface area contributed by atoms with Crippen molar-refractivity contribution in [1.82, 2.24) is 4.98 Å². The fourth-order valence-electron chi connectivity index (χ4n) is 1.63. The predicted molar refractivity (Wildman–Crippen MR) is 75.7 cm³/mol. The van der Waals surface area contributed by atoms with E-state index in [0.717, 1.165) is 0 Å². The molecular weight excluding hydrogens is 328 g/mol. The van der Waals surface area contributed by atoms with Gasteiger partial charge in [0.05, 0.1) is 11.0 Å².